The summed E-state index contributed by atoms with van der Waals surface area (Å²) in [6.07, 6.45) is 0. The molecule has 0 unspecified atom stereocenters. The fourth-order valence-corrected chi connectivity index (χ4v) is 1.12. The van der Waals surface area contributed by atoms with Crippen LogP contribution in [-0.4, -0.2) is 15.8 Å². The molecule has 9 nitrogen and oxygen atoms in total. The van der Waals surface area contributed by atoms with Gasteiger partial charge in [0, 0.05) is 18.7 Å². The first-order chi connectivity index (χ1) is 7.82. The average molecular weight is 263 g/mol. The largest absolute Gasteiger partial charge is 1.00 e. The van der Waals surface area contributed by atoms with E-state index in [2.05, 4.69) is 0 Å². The fraction of sp³-hybridized carbons (Fsp3) is 0.125. The quantitative estimate of drug-likeness (QED) is 0.364. The minimum Gasteiger partial charge on any atom is -0.866 e. The van der Waals surface area contributed by atoms with Crippen LogP contribution in [0, 0.1) is 20.2 Å². The Kier molecular flexibility index (Phi) is 5.69. The summed E-state index contributed by atoms with van der Waals surface area (Å²) in [6.45, 7) is 1.07. The Balaban J connectivity index is 0.00000289. The van der Waals surface area contributed by atoms with Gasteiger partial charge in [0.1, 0.15) is 0 Å². The van der Waals surface area contributed by atoms with E-state index in [0.717, 1.165) is 13.0 Å². The smallest absolute Gasteiger partial charge is 0.866 e. The second-order valence-corrected chi connectivity index (χ2v) is 3.04. The average Bonchev–Trinajstić information content (AvgIpc) is 2.19. The van der Waals surface area contributed by atoms with Crippen LogP contribution in [-0.2, 0) is 4.79 Å². The van der Waals surface area contributed by atoms with E-state index >= 15 is 0 Å². The van der Waals surface area contributed by atoms with Gasteiger partial charge in [0.05, 0.1) is 15.9 Å². The van der Waals surface area contributed by atoms with Crippen LogP contribution in [0.4, 0.5) is 17.1 Å². The molecule has 0 bridgehead atoms. The second-order valence-electron chi connectivity index (χ2n) is 3.04. The summed E-state index contributed by atoms with van der Waals surface area (Å²) in [7, 11) is 0. The molecule has 1 amide bonds. The molecule has 0 saturated carbocycles. The van der Waals surface area contributed by atoms with Gasteiger partial charge in [-0.15, -0.1) is 0 Å². The van der Waals surface area contributed by atoms with Gasteiger partial charge in [-0.1, -0.05) is 0 Å². The van der Waals surface area contributed by atoms with Crippen molar-refractivity contribution >= 4 is 23.0 Å². The van der Waals surface area contributed by atoms with E-state index in [0.29, 0.717) is 6.07 Å². The Bertz CT molecular complexity index is 518. The first-order valence-electron chi connectivity index (χ1n) is 4.24. The first-order valence-corrected chi connectivity index (χ1v) is 4.24. The molecule has 1 aromatic carbocycles. The van der Waals surface area contributed by atoms with Gasteiger partial charge in [-0.25, -0.2) is 0 Å². The third-order valence-electron chi connectivity index (χ3n) is 1.77. The van der Waals surface area contributed by atoms with E-state index in [1.165, 1.54) is 0 Å². The van der Waals surface area contributed by atoms with Crippen molar-refractivity contribution in [1.82, 2.24) is 0 Å². The zero-order chi connectivity index (χ0) is 13.2. The third kappa shape index (κ3) is 3.65. The molecular weight excluding hydrogens is 257 g/mol. The van der Waals surface area contributed by atoms with Crippen LogP contribution in [0.2, 0.25) is 0 Å². The summed E-state index contributed by atoms with van der Waals surface area (Å²) in [5, 5.41) is 34.4. The molecule has 0 fully saturated rings. The predicted molar refractivity (Wildman–Crippen MR) is 53.5 cm³/mol. The van der Waals surface area contributed by atoms with Crippen LogP contribution >= 0.6 is 0 Å². The Morgan fingerprint density at radius 1 is 1.22 bits per heavy atom. The SMILES string of the molecule is CC(=O)Nc1cc([N+](=O)[O-])cc([N+](=O)[O-])c1[O-].[Na+]. The normalized spacial score (nSPS) is 9.17. The second kappa shape index (κ2) is 6.28. The number of hydrogen-bond acceptors (Lipinski definition) is 6. The van der Waals surface area contributed by atoms with Gasteiger partial charge in [-0.05, 0) is 5.75 Å². The van der Waals surface area contributed by atoms with Crippen molar-refractivity contribution < 1.29 is 49.3 Å². The van der Waals surface area contributed by atoms with Crippen molar-refractivity contribution in [2.45, 2.75) is 6.92 Å². The van der Waals surface area contributed by atoms with E-state index < -0.39 is 38.6 Å². The molecule has 18 heavy (non-hydrogen) atoms. The number of nitro benzene ring substituents is 2. The molecule has 0 aromatic heterocycles. The molecule has 0 aliphatic heterocycles. The van der Waals surface area contributed by atoms with Crippen molar-refractivity contribution in [3.05, 3.63) is 32.4 Å². The Morgan fingerprint density at radius 2 is 1.78 bits per heavy atom. The standard InChI is InChI=1S/C8H7N3O6.Na/c1-4(12)9-6-2-5(10(14)15)3-7(8(6)13)11(16)17;/h2-3,13H,1H3,(H,9,12);/q;+1/p-1. The van der Waals surface area contributed by atoms with Crippen molar-refractivity contribution in [1.29, 1.82) is 0 Å². The number of nitro groups is 2. The minimum absolute atomic E-state index is 0. The molecule has 0 heterocycles. The fourth-order valence-electron chi connectivity index (χ4n) is 1.12. The third-order valence-corrected chi connectivity index (χ3v) is 1.77. The number of anilines is 1. The molecular formula is C8H6N3NaO6. The summed E-state index contributed by atoms with van der Waals surface area (Å²) >= 11 is 0. The predicted octanol–water partition coefficient (Wildman–Crippen LogP) is -2.46. The number of amides is 1. The summed E-state index contributed by atoms with van der Waals surface area (Å²) in [5.74, 6) is -1.73. The van der Waals surface area contributed by atoms with Crippen molar-refractivity contribution in [2.24, 2.45) is 0 Å². The molecule has 0 aliphatic carbocycles. The van der Waals surface area contributed by atoms with Crippen LogP contribution < -0.4 is 40.0 Å². The molecule has 10 heteroatoms. The summed E-state index contributed by atoms with van der Waals surface area (Å²) in [6, 6.07) is 1.32. The molecule has 0 aliphatic rings. The number of non-ortho nitro benzene ring substituents is 1. The van der Waals surface area contributed by atoms with E-state index in [1.54, 1.807) is 0 Å². The van der Waals surface area contributed by atoms with E-state index in [9.17, 15) is 30.1 Å². The maximum Gasteiger partial charge on any atom is 1.00 e. The monoisotopic (exact) mass is 263 g/mol. The number of carbonyl (C=O) groups excluding carboxylic acids is 1. The number of nitrogens with zero attached hydrogens (tertiary/aromatic N) is 2. The number of benzene rings is 1. The number of nitrogens with one attached hydrogen (secondary N) is 1. The zero-order valence-electron chi connectivity index (χ0n) is 9.50. The molecule has 0 saturated heterocycles. The van der Waals surface area contributed by atoms with Crippen LogP contribution in [0.1, 0.15) is 6.92 Å². The van der Waals surface area contributed by atoms with E-state index in [-0.39, 0.29) is 29.6 Å². The minimum atomic E-state index is -1.07. The van der Waals surface area contributed by atoms with Crippen molar-refractivity contribution in [3.63, 3.8) is 0 Å². The van der Waals surface area contributed by atoms with Crippen molar-refractivity contribution in [3.8, 4) is 5.75 Å². The van der Waals surface area contributed by atoms with E-state index in [4.69, 9.17) is 0 Å². The van der Waals surface area contributed by atoms with Gasteiger partial charge in [0.2, 0.25) is 5.91 Å². The molecule has 0 atom stereocenters. The van der Waals surface area contributed by atoms with Gasteiger partial charge in [-0.2, -0.15) is 0 Å². The van der Waals surface area contributed by atoms with Crippen molar-refractivity contribution in [2.75, 3.05) is 5.32 Å². The number of rotatable bonds is 3. The van der Waals surface area contributed by atoms with Gasteiger partial charge in [0.15, 0.2) is 0 Å². The summed E-state index contributed by atoms with van der Waals surface area (Å²) in [4.78, 5) is 29.8. The summed E-state index contributed by atoms with van der Waals surface area (Å²) in [5.41, 5.74) is -2.08. The van der Waals surface area contributed by atoms with Crippen LogP contribution in [0.5, 0.6) is 5.75 Å². The van der Waals surface area contributed by atoms with Gasteiger partial charge >= 0.3 is 29.6 Å². The molecule has 0 radical (unpaired) electrons. The number of hydrogen-bond donors (Lipinski definition) is 1. The topological polar surface area (TPSA) is 138 Å². The molecule has 1 aromatic rings. The van der Waals surface area contributed by atoms with Crippen LogP contribution in [0.15, 0.2) is 12.1 Å². The van der Waals surface area contributed by atoms with Gasteiger partial charge in [-0.3, -0.25) is 25.0 Å². The molecule has 90 valence electrons. The Hall–Kier alpha value is -1.71. The Morgan fingerprint density at radius 3 is 2.17 bits per heavy atom. The van der Waals surface area contributed by atoms with E-state index in [1.807, 2.05) is 5.32 Å². The van der Waals surface area contributed by atoms with Gasteiger partial charge < -0.3 is 10.4 Å². The van der Waals surface area contributed by atoms with Crippen LogP contribution in [0.3, 0.4) is 0 Å². The number of carbonyl (C=O) groups is 1. The van der Waals surface area contributed by atoms with Crippen LogP contribution in [0.25, 0.3) is 0 Å². The summed E-state index contributed by atoms with van der Waals surface area (Å²) < 4.78 is 0. The Labute approximate surface area is 122 Å². The molecule has 1 N–H and O–H groups in total. The maximum atomic E-state index is 11.4. The first kappa shape index (κ1) is 16.3. The molecule has 0 spiro atoms. The molecule has 1 rings (SSSR count). The van der Waals surface area contributed by atoms with Gasteiger partial charge in [0.25, 0.3) is 11.4 Å². The maximum absolute atomic E-state index is 11.4. The zero-order valence-corrected chi connectivity index (χ0v) is 11.5.